The van der Waals surface area contributed by atoms with Gasteiger partial charge in [-0.05, 0) is 16.3 Å². The minimum absolute atomic E-state index is 0.0620. The van der Waals surface area contributed by atoms with E-state index in [0.717, 1.165) is 5.56 Å². The lowest BCUT2D eigenvalue weighted by Gasteiger charge is -2.11. The molecule has 0 aliphatic heterocycles. The van der Waals surface area contributed by atoms with Crippen LogP contribution in [0.15, 0.2) is 67.1 Å². The zero-order chi connectivity index (χ0) is 17.1. The van der Waals surface area contributed by atoms with Gasteiger partial charge in [0.1, 0.15) is 12.4 Å². The third-order valence-corrected chi connectivity index (χ3v) is 3.94. The van der Waals surface area contributed by atoms with Crippen LogP contribution in [0.5, 0.6) is 0 Å². The summed E-state index contributed by atoms with van der Waals surface area (Å²) in [7, 11) is 0. The Balaban J connectivity index is 1.54. The third kappa shape index (κ3) is 3.25. The van der Waals surface area contributed by atoms with Gasteiger partial charge in [0, 0.05) is 6.07 Å². The Morgan fingerprint density at radius 1 is 0.920 bits per heavy atom. The minimum Gasteiger partial charge on any atom is -0.309 e. The average Bonchev–Trinajstić information content (AvgIpc) is 3.28. The SMILES string of the molecule is O=C(Cn1nccn1)Nc1ccnn1Cc1cccc2ccccc12. The van der Waals surface area contributed by atoms with Crippen molar-refractivity contribution in [3.05, 3.63) is 72.7 Å². The maximum absolute atomic E-state index is 12.1. The van der Waals surface area contributed by atoms with Gasteiger partial charge in [-0.15, -0.1) is 0 Å². The van der Waals surface area contributed by atoms with E-state index in [1.807, 2.05) is 18.2 Å². The summed E-state index contributed by atoms with van der Waals surface area (Å²) in [6.45, 7) is 0.635. The molecule has 0 bridgehead atoms. The van der Waals surface area contributed by atoms with Gasteiger partial charge in [0.15, 0.2) is 0 Å². The van der Waals surface area contributed by atoms with Gasteiger partial charge in [-0.3, -0.25) is 4.79 Å². The molecule has 0 atom stereocenters. The zero-order valence-corrected chi connectivity index (χ0v) is 13.4. The lowest BCUT2D eigenvalue weighted by Crippen LogP contribution is -2.22. The molecule has 0 unspecified atom stereocenters. The standard InChI is InChI=1S/C18H16N6O/c25-18(13-24-20-10-11-21-24)22-17-8-9-19-23(17)12-15-6-3-5-14-4-1-2-7-16(14)15/h1-11H,12-13H2,(H,22,25). The molecule has 25 heavy (non-hydrogen) atoms. The number of amides is 1. The lowest BCUT2D eigenvalue weighted by atomic mass is 10.0. The molecule has 1 amide bonds. The lowest BCUT2D eigenvalue weighted by molar-refractivity contribution is -0.117. The number of hydrogen-bond donors (Lipinski definition) is 1. The first-order chi connectivity index (χ1) is 12.3. The second kappa shape index (κ2) is 6.56. The fraction of sp³-hybridized carbons (Fsp3) is 0.111. The molecule has 7 heteroatoms. The van der Waals surface area contributed by atoms with Crippen LogP contribution in [0.3, 0.4) is 0 Å². The van der Waals surface area contributed by atoms with Crippen LogP contribution in [-0.2, 0) is 17.9 Å². The fourth-order valence-electron chi connectivity index (χ4n) is 2.79. The van der Waals surface area contributed by atoms with E-state index in [-0.39, 0.29) is 12.5 Å². The molecule has 0 spiro atoms. The number of benzene rings is 2. The molecule has 0 saturated carbocycles. The van der Waals surface area contributed by atoms with E-state index in [1.54, 1.807) is 16.9 Å². The number of carbonyl (C=O) groups is 1. The van der Waals surface area contributed by atoms with E-state index in [4.69, 9.17) is 0 Å². The molecule has 4 rings (SSSR count). The molecule has 1 N–H and O–H groups in total. The van der Waals surface area contributed by atoms with E-state index in [1.165, 1.54) is 28.0 Å². The average molecular weight is 332 g/mol. The van der Waals surface area contributed by atoms with Crippen molar-refractivity contribution >= 4 is 22.5 Å². The Bertz CT molecular complexity index is 1000. The van der Waals surface area contributed by atoms with Gasteiger partial charge < -0.3 is 5.32 Å². The van der Waals surface area contributed by atoms with Crippen LogP contribution in [0.4, 0.5) is 5.82 Å². The molecule has 2 heterocycles. The van der Waals surface area contributed by atoms with Gasteiger partial charge in [-0.1, -0.05) is 42.5 Å². The Morgan fingerprint density at radius 3 is 2.60 bits per heavy atom. The fourth-order valence-corrected chi connectivity index (χ4v) is 2.79. The Morgan fingerprint density at radius 2 is 1.72 bits per heavy atom. The summed E-state index contributed by atoms with van der Waals surface area (Å²) in [5.74, 6) is 0.445. The maximum Gasteiger partial charge on any atom is 0.249 e. The van der Waals surface area contributed by atoms with Gasteiger partial charge in [0.05, 0.1) is 25.1 Å². The molecule has 2 aromatic carbocycles. The Hall–Kier alpha value is -3.48. The summed E-state index contributed by atoms with van der Waals surface area (Å²) < 4.78 is 1.77. The number of aromatic nitrogens is 5. The Kier molecular flexibility index (Phi) is 3.96. The van der Waals surface area contributed by atoms with Gasteiger partial charge in [-0.25, -0.2) is 4.68 Å². The van der Waals surface area contributed by atoms with Crippen molar-refractivity contribution in [3.8, 4) is 0 Å². The minimum atomic E-state index is -0.198. The summed E-state index contributed by atoms with van der Waals surface area (Å²) in [6, 6.07) is 16.2. The number of hydrogen-bond acceptors (Lipinski definition) is 4. The van der Waals surface area contributed by atoms with Crippen molar-refractivity contribution in [3.63, 3.8) is 0 Å². The highest BCUT2D eigenvalue weighted by Crippen LogP contribution is 2.20. The number of anilines is 1. The molecular formula is C18H16N6O. The van der Waals surface area contributed by atoms with E-state index in [2.05, 4.69) is 44.9 Å². The van der Waals surface area contributed by atoms with Crippen molar-refractivity contribution in [1.82, 2.24) is 24.8 Å². The molecule has 4 aromatic rings. The number of fused-ring (bicyclic) bond motifs is 1. The van der Waals surface area contributed by atoms with Crippen LogP contribution in [0.2, 0.25) is 0 Å². The summed E-state index contributed by atoms with van der Waals surface area (Å²) in [6.07, 6.45) is 4.75. The molecule has 0 saturated heterocycles. The van der Waals surface area contributed by atoms with E-state index < -0.39 is 0 Å². The zero-order valence-electron chi connectivity index (χ0n) is 13.4. The monoisotopic (exact) mass is 332 g/mol. The predicted octanol–water partition coefficient (Wildman–Crippen LogP) is 2.31. The van der Waals surface area contributed by atoms with Gasteiger partial charge in [-0.2, -0.15) is 20.1 Å². The number of carbonyl (C=O) groups excluding carboxylic acids is 1. The third-order valence-electron chi connectivity index (χ3n) is 3.94. The van der Waals surface area contributed by atoms with Crippen molar-refractivity contribution in [2.24, 2.45) is 0 Å². The van der Waals surface area contributed by atoms with Crippen molar-refractivity contribution in [2.75, 3.05) is 5.32 Å². The molecule has 0 radical (unpaired) electrons. The first-order valence-corrected chi connectivity index (χ1v) is 7.92. The van der Waals surface area contributed by atoms with Gasteiger partial charge in [0.2, 0.25) is 5.91 Å². The summed E-state index contributed by atoms with van der Waals surface area (Å²) in [4.78, 5) is 13.5. The largest absolute Gasteiger partial charge is 0.309 e. The molecular weight excluding hydrogens is 316 g/mol. The topological polar surface area (TPSA) is 77.6 Å². The maximum atomic E-state index is 12.1. The summed E-state index contributed by atoms with van der Waals surface area (Å²) in [5.41, 5.74) is 1.14. The first kappa shape index (κ1) is 15.1. The van der Waals surface area contributed by atoms with E-state index >= 15 is 0 Å². The van der Waals surface area contributed by atoms with Crippen molar-refractivity contribution in [2.45, 2.75) is 13.1 Å². The first-order valence-electron chi connectivity index (χ1n) is 7.92. The Labute approximate surface area is 143 Å². The van der Waals surface area contributed by atoms with E-state index in [0.29, 0.717) is 12.4 Å². The molecule has 124 valence electrons. The van der Waals surface area contributed by atoms with Crippen LogP contribution in [0, 0.1) is 0 Å². The number of nitrogens with one attached hydrogen (secondary N) is 1. The quantitative estimate of drug-likeness (QED) is 0.608. The second-order valence-corrected chi connectivity index (χ2v) is 5.62. The van der Waals surface area contributed by atoms with Crippen molar-refractivity contribution < 1.29 is 4.79 Å². The predicted molar refractivity (Wildman–Crippen MR) is 93.9 cm³/mol. The van der Waals surface area contributed by atoms with Crippen LogP contribution in [0.25, 0.3) is 10.8 Å². The smallest absolute Gasteiger partial charge is 0.249 e. The molecule has 0 fully saturated rings. The van der Waals surface area contributed by atoms with Crippen LogP contribution in [-0.4, -0.2) is 30.7 Å². The molecule has 0 aliphatic rings. The highest BCUT2D eigenvalue weighted by atomic mass is 16.2. The molecule has 7 nitrogen and oxygen atoms in total. The number of nitrogens with zero attached hydrogens (tertiary/aromatic N) is 5. The van der Waals surface area contributed by atoms with Gasteiger partial charge >= 0.3 is 0 Å². The van der Waals surface area contributed by atoms with E-state index in [9.17, 15) is 4.79 Å². The van der Waals surface area contributed by atoms with Crippen LogP contribution >= 0.6 is 0 Å². The highest BCUT2D eigenvalue weighted by molar-refractivity contribution is 5.89. The molecule has 2 aromatic heterocycles. The van der Waals surface area contributed by atoms with Crippen LogP contribution < -0.4 is 5.32 Å². The number of rotatable bonds is 5. The summed E-state index contributed by atoms with van der Waals surface area (Å²) in [5, 5.41) is 17.4. The molecule has 0 aliphatic carbocycles. The van der Waals surface area contributed by atoms with Gasteiger partial charge in [0.25, 0.3) is 0 Å². The van der Waals surface area contributed by atoms with Crippen molar-refractivity contribution in [1.29, 1.82) is 0 Å². The van der Waals surface area contributed by atoms with Crippen LogP contribution in [0.1, 0.15) is 5.56 Å². The highest BCUT2D eigenvalue weighted by Gasteiger charge is 2.10. The second-order valence-electron chi connectivity index (χ2n) is 5.62. The summed E-state index contributed by atoms with van der Waals surface area (Å²) >= 11 is 0. The normalized spacial score (nSPS) is 10.9.